The second-order valence-corrected chi connectivity index (χ2v) is 8.60. The van der Waals surface area contributed by atoms with Gasteiger partial charge in [-0.1, -0.05) is 40.9 Å². The van der Waals surface area contributed by atoms with Gasteiger partial charge in [-0.05, 0) is 48.0 Å². The minimum absolute atomic E-state index is 0.0795. The highest BCUT2D eigenvalue weighted by atomic mass is 35.5. The molecule has 14 heteroatoms. The number of amides is 1. The molecule has 196 valence electrons. The molecule has 3 aromatic rings. The molecule has 1 amide bonds. The van der Waals surface area contributed by atoms with Gasteiger partial charge < -0.3 is 0 Å². The molecule has 0 spiro atoms. The second kappa shape index (κ2) is 11.2. The van der Waals surface area contributed by atoms with Crippen molar-refractivity contribution in [1.29, 1.82) is 0 Å². The highest BCUT2D eigenvalue weighted by Crippen LogP contribution is 2.42. The Kier molecular flexibility index (Phi) is 8.61. The second-order valence-electron chi connectivity index (χ2n) is 7.41. The number of benzene rings is 2. The Hall–Kier alpha value is -3.02. The number of aromatic nitrogens is 1. The first-order chi connectivity index (χ1) is 17.2. The van der Waals surface area contributed by atoms with Crippen molar-refractivity contribution in [3.63, 3.8) is 0 Å². The van der Waals surface area contributed by atoms with Crippen LogP contribution in [0.25, 0.3) is 5.83 Å². The number of nitrogens with one attached hydrogen (secondary N) is 2. The van der Waals surface area contributed by atoms with E-state index in [1.165, 1.54) is 24.5 Å². The predicted molar refractivity (Wildman–Crippen MR) is 126 cm³/mol. The van der Waals surface area contributed by atoms with E-state index in [-0.39, 0.29) is 27.2 Å². The fraction of sp³-hybridized carbons (Fsp3) is 0.130. The first kappa shape index (κ1) is 28.5. The van der Waals surface area contributed by atoms with Gasteiger partial charge in [0, 0.05) is 18.0 Å². The van der Waals surface area contributed by atoms with Crippen LogP contribution >= 0.6 is 34.8 Å². The molecule has 0 aliphatic heterocycles. The van der Waals surface area contributed by atoms with E-state index >= 15 is 0 Å². The minimum atomic E-state index is -5.14. The number of hydrazine groups is 1. The Morgan fingerprint density at radius 2 is 1.51 bits per heavy atom. The molecule has 2 N–H and O–H groups in total. The van der Waals surface area contributed by atoms with Gasteiger partial charge in [0.25, 0.3) is 5.91 Å². The summed E-state index contributed by atoms with van der Waals surface area (Å²) >= 11 is 17.3. The molecule has 0 saturated heterocycles. The Morgan fingerprint density at radius 3 is 2.05 bits per heavy atom. The van der Waals surface area contributed by atoms with Gasteiger partial charge in [-0.15, -0.1) is 0 Å². The lowest BCUT2D eigenvalue weighted by Crippen LogP contribution is -2.31. The third-order valence-corrected chi connectivity index (χ3v) is 6.07. The standard InChI is InChI=1S/C23H13Cl3F7N3O/c24-17-8-12(9-18(25)20(17)26)15(22(28,29)30)10-19(27)11-1-2-14(16(7-11)23(31,32)33)21(37)36-35-13-3-5-34-6-4-13/h1-10,15H,(H,34,35)(H,36,37)/b19-10-. The normalized spacial score (nSPS) is 13.3. The van der Waals surface area contributed by atoms with Crippen molar-refractivity contribution < 1.29 is 35.5 Å². The Labute approximate surface area is 220 Å². The van der Waals surface area contributed by atoms with Crippen molar-refractivity contribution in [2.24, 2.45) is 0 Å². The van der Waals surface area contributed by atoms with Gasteiger partial charge in [-0.3, -0.25) is 20.6 Å². The van der Waals surface area contributed by atoms with E-state index in [2.05, 4.69) is 15.8 Å². The SMILES string of the molecule is O=C(NNc1ccncc1)c1ccc(/C(F)=C/C(c2cc(Cl)c(Cl)c(Cl)c2)C(F)(F)F)cc1C(F)(F)F. The molecule has 0 fully saturated rings. The summed E-state index contributed by atoms with van der Waals surface area (Å²) in [6, 6.07) is 6.12. The Balaban J connectivity index is 1.99. The topological polar surface area (TPSA) is 54.0 Å². The number of allylic oxidation sites excluding steroid dienone is 1. The number of alkyl halides is 6. The minimum Gasteiger partial charge on any atom is -0.298 e. The van der Waals surface area contributed by atoms with Gasteiger partial charge in [-0.25, -0.2) is 4.39 Å². The van der Waals surface area contributed by atoms with Gasteiger partial charge in [0.15, 0.2) is 0 Å². The molecule has 0 saturated carbocycles. The number of carbonyl (C=O) groups is 1. The Morgan fingerprint density at radius 1 is 0.919 bits per heavy atom. The fourth-order valence-electron chi connectivity index (χ4n) is 3.13. The molecule has 4 nitrogen and oxygen atoms in total. The summed E-state index contributed by atoms with van der Waals surface area (Å²) in [6.45, 7) is 0. The third-order valence-electron chi connectivity index (χ3n) is 4.88. The maximum Gasteiger partial charge on any atom is 0.417 e. The number of hydrogen-bond donors (Lipinski definition) is 2. The van der Waals surface area contributed by atoms with Crippen molar-refractivity contribution in [3.05, 3.63) is 98.3 Å². The van der Waals surface area contributed by atoms with Crippen LogP contribution in [0.5, 0.6) is 0 Å². The van der Waals surface area contributed by atoms with Gasteiger partial charge >= 0.3 is 12.4 Å². The average Bonchev–Trinajstić information content (AvgIpc) is 2.83. The van der Waals surface area contributed by atoms with Crippen LogP contribution in [0.2, 0.25) is 15.1 Å². The number of nitrogens with zero attached hydrogens (tertiary/aromatic N) is 1. The lowest BCUT2D eigenvalue weighted by Gasteiger charge is -2.19. The summed E-state index contributed by atoms with van der Waals surface area (Å²) in [5.41, 5.74) is 0.860. The maximum absolute atomic E-state index is 14.9. The highest BCUT2D eigenvalue weighted by molar-refractivity contribution is 6.48. The lowest BCUT2D eigenvalue weighted by molar-refractivity contribution is -0.140. The third kappa shape index (κ3) is 7.06. The van der Waals surface area contributed by atoms with Gasteiger partial charge in [0.2, 0.25) is 0 Å². The summed E-state index contributed by atoms with van der Waals surface area (Å²) in [7, 11) is 0. The molecule has 0 aliphatic rings. The van der Waals surface area contributed by atoms with Crippen LogP contribution in [0.1, 0.15) is 33.0 Å². The van der Waals surface area contributed by atoms with Crippen LogP contribution in [0.4, 0.5) is 36.4 Å². The smallest absolute Gasteiger partial charge is 0.298 e. The molecule has 1 heterocycles. The van der Waals surface area contributed by atoms with Crippen LogP contribution in [-0.2, 0) is 6.18 Å². The van der Waals surface area contributed by atoms with E-state index in [0.29, 0.717) is 11.8 Å². The molecule has 0 aliphatic carbocycles. The van der Waals surface area contributed by atoms with E-state index in [0.717, 1.165) is 18.2 Å². The zero-order chi connectivity index (χ0) is 27.5. The number of anilines is 1. The molecular formula is C23H13Cl3F7N3O. The molecule has 3 rings (SSSR count). The van der Waals surface area contributed by atoms with Crippen LogP contribution < -0.4 is 10.9 Å². The lowest BCUT2D eigenvalue weighted by atomic mass is 9.95. The molecule has 0 bridgehead atoms. The molecule has 0 radical (unpaired) electrons. The first-order valence-electron chi connectivity index (χ1n) is 9.95. The highest BCUT2D eigenvalue weighted by Gasteiger charge is 2.41. The van der Waals surface area contributed by atoms with Crippen LogP contribution in [-0.4, -0.2) is 17.1 Å². The van der Waals surface area contributed by atoms with Crippen LogP contribution in [0.3, 0.4) is 0 Å². The van der Waals surface area contributed by atoms with Gasteiger partial charge in [0.1, 0.15) is 11.7 Å². The summed E-state index contributed by atoms with van der Waals surface area (Å²) < 4.78 is 97.2. The largest absolute Gasteiger partial charge is 0.417 e. The molecular weight excluding hydrogens is 574 g/mol. The molecule has 1 aromatic heterocycles. The number of rotatable bonds is 6. The van der Waals surface area contributed by atoms with Crippen molar-refractivity contribution in [1.82, 2.24) is 10.4 Å². The van der Waals surface area contributed by atoms with Crippen molar-refractivity contribution in [3.8, 4) is 0 Å². The van der Waals surface area contributed by atoms with E-state index in [1.807, 2.05) is 0 Å². The quantitative estimate of drug-likeness (QED) is 0.173. The summed E-state index contributed by atoms with van der Waals surface area (Å²) in [5.74, 6) is -5.47. The maximum atomic E-state index is 14.9. The monoisotopic (exact) mass is 585 g/mol. The Bertz CT molecular complexity index is 1310. The van der Waals surface area contributed by atoms with Crippen molar-refractivity contribution in [2.75, 3.05) is 5.43 Å². The van der Waals surface area contributed by atoms with Gasteiger partial charge in [-0.2, -0.15) is 26.3 Å². The molecule has 1 unspecified atom stereocenters. The van der Waals surface area contributed by atoms with Crippen LogP contribution in [0.15, 0.2) is 60.9 Å². The number of halogens is 10. The zero-order valence-corrected chi connectivity index (χ0v) is 20.3. The van der Waals surface area contributed by atoms with Crippen LogP contribution in [0, 0.1) is 0 Å². The summed E-state index contributed by atoms with van der Waals surface area (Å²) in [5, 5.41) is -0.885. The number of pyridine rings is 1. The summed E-state index contributed by atoms with van der Waals surface area (Å²) in [4.78, 5) is 16.1. The summed E-state index contributed by atoms with van der Waals surface area (Å²) in [6.07, 6.45) is -7.40. The van der Waals surface area contributed by atoms with Crippen molar-refractivity contribution in [2.45, 2.75) is 18.3 Å². The van der Waals surface area contributed by atoms with E-state index in [1.54, 1.807) is 0 Å². The predicted octanol–water partition coefficient (Wildman–Crippen LogP) is 8.47. The van der Waals surface area contributed by atoms with E-state index < -0.39 is 52.3 Å². The molecule has 2 aromatic carbocycles. The van der Waals surface area contributed by atoms with Gasteiger partial charge in [0.05, 0.1) is 31.9 Å². The first-order valence-corrected chi connectivity index (χ1v) is 11.1. The molecule has 1 atom stereocenters. The van der Waals surface area contributed by atoms with E-state index in [9.17, 15) is 35.5 Å². The average molecular weight is 587 g/mol. The number of hydrogen-bond acceptors (Lipinski definition) is 3. The zero-order valence-electron chi connectivity index (χ0n) is 18.0. The fourth-order valence-corrected chi connectivity index (χ4v) is 3.75. The van der Waals surface area contributed by atoms with E-state index in [4.69, 9.17) is 34.8 Å². The number of carbonyl (C=O) groups excluding carboxylic acids is 1. The van der Waals surface area contributed by atoms with Crippen molar-refractivity contribution >= 4 is 52.2 Å². The molecule has 37 heavy (non-hydrogen) atoms.